The van der Waals surface area contributed by atoms with Gasteiger partial charge in [-0.15, -0.1) is 24.0 Å². The van der Waals surface area contributed by atoms with E-state index >= 15 is 0 Å². The fourth-order valence-electron chi connectivity index (χ4n) is 2.21. The normalized spacial score (nSPS) is 15.7. The summed E-state index contributed by atoms with van der Waals surface area (Å²) in [7, 11) is -3.13. The zero-order chi connectivity index (χ0) is 15.6. The molecule has 0 atom stereocenters. The van der Waals surface area contributed by atoms with Gasteiger partial charge in [0, 0.05) is 19.6 Å². The third-order valence-electron chi connectivity index (χ3n) is 3.21. The number of hydrogen-bond acceptors (Lipinski definition) is 3. The summed E-state index contributed by atoms with van der Waals surface area (Å²) in [6, 6.07) is 0. The molecule has 0 aliphatic heterocycles. The molecule has 0 saturated carbocycles. The average Bonchev–Trinajstić information content (AvgIpc) is 2.43. The van der Waals surface area contributed by atoms with Crippen molar-refractivity contribution in [2.24, 2.45) is 4.99 Å². The van der Waals surface area contributed by atoms with Gasteiger partial charge in [0.1, 0.15) is 0 Å². The second-order valence-electron chi connectivity index (χ2n) is 5.21. The number of nitrogens with zero attached hydrogens (tertiary/aromatic N) is 1. The minimum absolute atomic E-state index is 0. The largest absolute Gasteiger partial charge is 0.357 e. The fraction of sp³-hybridized carbons (Fsp3) is 0.786. The van der Waals surface area contributed by atoms with E-state index in [1.54, 1.807) is 0 Å². The Morgan fingerprint density at radius 2 is 2.05 bits per heavy atom. The summed E-state index contributed by atoms with van der Waals surface area (Å²) in [6.45, 7) is 4.40. The molecule has 0 radical (unpaired) electrons. The van der Waals surface area contributed by atoms with Crippen LogP contribution in [0.5, 0.6) is 0 Å². The molecule has 0 saturated heterocycles. The standard InChI is InChI=1S/C14H28N4O2S.HI/c1-3-15-14(17-11-12-18-21(2,19)20)16-10-9-13-7-5-4-6-8-13;/h7,18H,3-6,8-12H2,1-2H3,(H2,15,16,17);1H. The number of hydrogen-bond donors (Lipinski definition) is 3. The first-order valence-electron chi connectivity index (χ1n) is 7.66. The van der Waals surface area contributed by atoms with Gasteiger partial charge in [0.25, 0.3) is 0 Å². The number of sulfonamides is 1. The van der Waals surface area contributed by atoms with Crippen molar-refractivity contribution in [2.75, 3.05) is 32.4 Å². The lowest BCUT2D eigenvalue weighted by Crippen LogP contribution is -2.38. The topological polar surface area (TPSA) is 82.6 Å². The Kier molecular flexibility index (Phi) is 11.9. The van der Waals surface area contributed by atoms with E-state index in [9.17, 15) is 8.42 Å². The molecule has 0 aromatic heterocycles. The lowest BCUT2D eigenvalue weighted by atomic mass is 9.97. The molecule has 22 heavy (non-hydrogen) atoms. The molecule has 1 aliphatic carbocycles. The van der Waals surface area contributed by atoms with Crippen LogP contribution in [-0.2, 0) is 10.0 Å². The van der Waals surface area contributed by atoms with Crippen molar-refractivity contribution in [3.8, 4) is 0 Å². The predicted molar refractivity (Wildman–Crippen MR) is 103 cm³/mol. The van der Waals surface area contributed by atoms with Crippen LogP contribution in [0.1, 0.15) is 39.0 Å². The minimum Gasteiger partial charge on any atom is -0.357 e. The summed E-state index contributed by atoms with van der Waals surface area (Å²) in [5.74, 6) is 0.740. The summed E-state index contributed by atoms with van der Waals surface area (Å²) in [6.07, 6.45) is 9.59. The van der Waals surface area contributed by atoms with Gasteiger partial charge in [-0.3, -0.25) is 4.99 Å². The smallest absolute Gasteiger partial charge is 0.208 e. The molecular formula is C14H29IN4O2S. The zero-order valence-electron chi connectivity index (χ0n) is 13.5. The first kappa shape index (κ1) is 21.6. The van der Waals surface area contributed by atoms with Gasteiger partial charge in [-0.25, -0.2) is 13.1 Å². The Labute approximate surface area is 151 Å². The summed E-state index contributed by atoms with van der Waals surface area (Å²) in [4.78, 5) is 4.35. The van der Waals surface area contributed by atoms with Crippen LogP contribution < -0.4 is 15.4 Å². The number of halogens is 1. The second kappa shape index (κ2) is 12.1. The van der Waals surface area contributed by atoms with Crippen LogP contribution in [0.25, 0.3) is 0 Å². The van der Waals surface area contributed by atoms with Gasteiger partial charge >= 0.3 is 0 Å². The van der Waals surface area contributed by atoms with Crippen molar-refractivity contribution in [3.05, 3.63) is 11.6 Å². The van der Waals surface area contributed by atoms with Gasteiger partial charge < -0.3 is 10.6 Å². The van der Waals surface area contributed by atoms with Gasteiger partial charge in [0.2, 0.25) is 10.0 Å². The van der Waals surface area contributed by atoms with Crippen LogP contribution in [0.4, 0.5) is 0 Å². The Balaban J connectivity index is 0.00000441. The summed E-state index contributed by atoms with van der Waals surface area (Å²) < 4.78 is 24.3. The van der Waals surface area contributed by atoms with Crippen LogP contribution in [0.2, 0.25) is 0 Å². The Bertz CT molecular complexity index is 463. The first-order valence-corrected chi connectivity index (χ1v) is 9.55. The van der Waals surface area contributed by atoms with Crippen LogP contribution in [0, 0.1) is 0 Å². The highest BCUT2D eigenvalue weighted by Crippen LogP contribution is 2.19. The minimum atomic E-state index is -3.13. The average molecular weight is 444 g/mol. The van der Waals surface area contributed by atoms with Crippen LogP contribution in [0.3, 0.4) is 0 Å². The van der Waals surface area contributed by atoms with E-state index in [2.05, 4.69) is 26.4 Å². The number of nitrogens with one attached hydrogen (secondary N) is 3. The first-order chi connectivity index (χ1) is 10.0. The molecule has 0 aromatic rings. The molecule has 0 heterocycles. The van der Waals surface area contributed by atoms with Gasteiger partial charge in [0.05, 0.1) is 12.8 Å². The van der Waals surface area contributed by atoms with E-state index in [1.165, 1.54) is 31.3 Å². The number of aliphatic imine (C=N–C) groups is 1. The summed E-state index contributed by atoms with van der Waals surface area (Å²) in [5, 5.41) is 6.45. The molecule has 1 rings (SSSR count). The highest BCUT2D eigenvalue weighted by Gasteiger charge is 2.04. The molecule has 8 heteroatoms. The third kappa shape index (κ3) is 11.2. The maximum Gasteiger partial charge on any atom is 0.208 e. The monoisotopic (exact) mass is 444 g/mol. The van der Waals surface area contributed by atoms with E-state index in [0.29, 0.717) is 13.1 Å². The van der Waals surface area contributed by atoms with Gasteiger partial charge in [-0.2, -0.15) is 0 Å². The van der Waals surface area contributed by atoms with E-state index in [-0.39, 0.29) is 24.0 Å². The lowest BCUT2D eigenvalue weighted by molar-refractivity contribution is 0.588. The molecule has 0 aromatic carbocycles. The van der Waals surface area contributed by atoms with E-state index in [4.69, 9.17) is 0 Å². The maximum absolute atomic E-state index is 11.0. The number of guanidine groups is 1. The molecule has 1 aliphatic rings. The van der Waals surface area contributed by atoms with Gasteiger partial charge in [0.15, 0.2) is 5.96 Å². The molecular weight excluding hydrogens is 415 g/mol. The van der Waals surface area contributed by atoms with E-state index < -0.39 is 10.0 Å². The van der Waals surface area contributed by atoms with Crippen LogP contribution >= 0.6 is 24.0 Å². The molecule has 0 spiro atoms. The molecule has 6 nitrogen and oxygen atoms in total. The van der Waals surface area contributed by atoms with E-state index in [0.717, 1.165) is 31.7 Å². The van der Waals surface area contributed by atoms with E-state index in [1.807, 2.05) is 6.92 Å². The van der Waals surface area contributed by atoms with Crippen LogP contribution in [-0.4, -0.2) is 46.8 Å². The number of rotatable bonds is 8. The Hall–Kier alpha value is -0.350. The molecule has 0 unspecified atom stereocenters. The highest BCUT2D eigenvalue weighted by atomic mass is 127. The van der Waals surface area contributed by atoms with Crippen molar-refractivity contribution >= 4 is 40.0 Å². The molecule has 3 N–H and O–H groups in total. The molecule has 0 fully saturated rings. The SMILES string of the molecule is CCNC(=NCCNS(C)(=O)=O)NCCC1=CCCCC1.I. The van der Waals surface area contributed by atoms with Gasteiger partial charge in [-0.1, -0.05) is 11.6 Å². The molecule has 130 valence electrons. The van der Waals surface area contributed by atoms with Crippen molar-refractivity contribution in [1.29, 1.82) is 0 Å². The molecule has 0 amide bonds. The van der Waals surface area contributed by atoms with Crippen molar-refractivity contribution in [3.63, 3.8) is 0 Å². The van der Waals surface area contributed by atoms with Crippen molar-refractivity contribution in [2.45, 2.75) is 39.0 Å². The fourth-order valence-corrected chi connectivity index (χ4v) is 2.68. The second-order valence-corrected chi connectivity index (χ2v) is 7.05. The van der Waals surface area contributed by atoms with Crippen LogP contribution in [0.15, 0.2) is 16.6 Å². The summed E-state index contributed by atoms with van der Waals surface area (Å²) >= 11 is 0. The van der Waals surface area contributed by atoms with Crippen molar-refractivity contribution in [1.82, 2.24) is 15.4 Å². The molecule has 0 bridgehead atoms. The summed E-state index contributed by atoms with van der Waals surface area (Å²) in [5.41, 5.74) is 1.53. The number of allylic oxidation sites excluding steroid dienone is 1. The van der Waals surface area contributed by atoms with Gasteiger partial charge in [-0.05, 0) is 39.0 Å². The zero-order valence-corrected chi connectivity index (χ0v) is 16.7. The lowest BCUT2D eigenvalue weighted by Gasteiger charge is -2.15. The highest BCUT2D eigenvalue weighted by molar-refractivity contribution is 14.0. The van der Waals surface area contributed by atoms with Crippen molar-refractivity contribution < 1.29 is 8.42 Å². The maximum atomic E-state index is 11.0. The Morgan fingerprint density at radius 1 is 1.27 bits per heavy atom. The quantitative estimate of drug-likeness (QED) is 0.175. The predicted octanol–water partition coefficient (Wildman–Crippen LogP) is 1.60. The Morgan fingerprint density at radius 3 is 2.64 bits per heavy atom. The third-order valence-corrected chi connectivity index (χ3v) is 3.94.